The number of hydrogen-bond acceptors (Lipinski definition) is 9. The second-order valence-electron chi connectivity index (χ2n) is 10.4. The minimum atomic E-state index is -0.546. The Kier molecular flexibility index (Phi) is 10.2. The molecule has 0 saturated carbocycles. The molecule has 0 radical (unpaired) electrons. The average molecular weight is 560 g/mol. The van der Waals surface area contributed by atoms with Crippen LogP contribution in [0.5, 0.6) is 0 Å². The molecule has 0 saturated heterocycles. The van der Waals surface area contributed by atoms with Crippen molar-refractivity contribution in [3.8, 4) is 0 Å². The number of benzene rings is 3. The van der Waals surface area contributed by atoms with Crippen molar-refractivity contribution < 1.29 is 14.6 Å². The Morgan fingerprint density at radius 2 is 1.41 bits per heavy atom. The fraction of sp³-hybridized carbons (Fsp3) is 0.355. The zero-order valence-electron chi connectivity index (χ0n) is 24.5. The van der Waals surface area contributed by atoms with Crippen LogP contribution in [0.15, 0.2) is 54.6 Å². The van der Waals surface area contributed by atoms with Gasteiger partial charge in [0.2, 0.25) is 0 Å². The molecule has 0 unspecified atom stereocenters. The molecule has 3 aromatic carbocycles. The van der Waals surface area contributed by atoms with E-state index in [2.05, 4.69) is 83.5 Å². The molecular weight excluding hydrogens is 518 g/mol. The SMILES string of the molecule is CCOC(=O)Nc1cc(CO)cc(Nc2c3cccc(NCCN(C)C)c3nc3c(NCCN(C)C)cccc23)c1. The summed E-state index contributed by atoms with van der Waals surface area (Å²) in [7, 11) is 8.21. The van der Waals surface area contributed by atoms with Crippen molar-refractivity contribution in [3.63, 3.8) is 0 Å². The third-order valence-corrected chi connectivity index (χ3v) is 6.55. The van der Waals surface area contributed by atoms with Gasteiger partial charge in [0.1, 0.15) is 0 Å². The number of pyridine rings is 1. The zero-order chi connectivity index (χ0) is 29.4. The Morgan fingerprint density at radius 1 is 0.854 bits per heavy atom. The maximum absolute atomic E-state index is 12.1. The number of likely N-dealkylation sites (N-methyl/N-ethyl adjacent to an activating group) is 2. The van der Waals surface area contributed by atoms with Crippen molar-refractivity contribution in [3.05, 3.63) is 60.2 Å². The van der Waals surface area contributed by atoms with E-state index in [9.17, 15) is 9.90 Å². The van der Waals surface area contributed by atoms with Gasteiger partial charge in [-0.05, 0) is 71.0 Å². The molecule has 5 N–H and O–H groups in total. The second kappa shape index (κ2) is 14.0. The summed E-state index contributed by atoms with van der Waals surface area (Å²) in [6.45, 7) is 5.17. The molecule has 218 valence electrons. The van der Waals surface area contributed by atoms with Gasteiger partial charge in [-0.1, -0.05) is 24.3 Å². The van der Waals surface area contributed by atoms with Crippen molar-refractivity contribution in [1.29, 1.82) is 0 Å². The third-order valence-electron chi connectivity index (χ3n) is 6.55. The van der Waals surface area contributed by atoms with Gasteiger partial charge >= 0.3 is 6.09 Å². The van der Waals surface area contributed by atoms with Gasteiger partial charge in [0, 0.05) is 48.3 Å². The largest absolute Gasteiger partial charge is 0.450 e. The number of fused-ring (bicyclic) bond motifs is 2. The molecule has 0 atom stereocenters. The highest BCUT2D eigenvalue weighted by atomic mass is 16.5. The Labute approximate surface area is 241 Å². The summed E-state index contributed by atoms with van der Waals surface area (Å²) >= 11 is 0. The summed E-state index contributed by atoms with van der Waals surface area (Å²) in [5.41, 5.74) is 6.39. The number of carbonyl (C=O) groups excluding carboxylic acids is 1. The highest BCUT2D eigenvalue weighted by Crippen LogP contribution is 2.38. The molecule has 0 bridgehead atoms. The molecule has 0 aliphatic carbocycles. The van der Waals surface area contributed by atoms with Crippen LogP contribution in [0.4, 0.5) is 33.2 Å². The van der Waals surface area contributed by atoms with E-state index in [0.29, 0.717) is 16.9 Å². The minimum Gasteiger partial charge on any atom is -0.450 e. The molecule has 1 heterocycles. The third kappa shape index (κ3) is 7.75. The quantitative estimate of drug-likeness (QED) is 0.142. The molecule has 1 aromatic heterocycles. The van der Waals surface area contributed by atoms with Crippen LogP contribution in [0.1, 0.15) is 12.5 Å². The van der Waals surface area contributed by atoms with Gasteiger partial charge in [0.25, 0.3) is 0 Å². The molecule has 1 amide bonds. The standard InChI is InChI=1S/C31H41N7O3/c1-6-41-31(40)35-23-18-21(20-39)17-22(19-23)34-28-24-9-7-11-26(32-13-15-37(2)3)29(24)36-30-25(28)10-8-12-27(30)33-14-16-38(4)5/h7-12,17-19,32-33,39H,6,13-16,20H2,1-5H3,(H,34,36)(H,35,40). The number of rotatable bonds is 13. The molecule has 4 rings (SSSR count). The first-order chi connectivity index (χ1) is 19.8. The predicted octanol–water partition coefficient (Wildman–Crippen LogP) is 5.14. The lowest BCUT2D eigenvalue weighted by Gasteiger charge is -2.19. The number of nitrogens with zero attached hydrogens (tertiary/aromatic N) is 3. The van der Waals surface area contributed by atoms with E-state index < -0.39 is 6.09 Å². The van der Waals surface area contributed by atoms with Gasteiger partial charge in [0.15, 0.2) is 0 Å². The van der Waals surface area contributed by atoms with Gasteiger partial charge in [-0.25, -0.2) is 9.78 Å². The lowest BCUT2D eigenvalue weighted by atomic mass is 10.0. The molecule has 4 aromatic rings. The van der Waals surface area contributed by atoms with E-state index in [-0.39, 0.29) is 13.2 Å². The summed E-state index contributed by atoms with van der Waals surface area (Å²) in [5.74, 6) is 0. The number of nitrogens with one attached hydrogen (secondary N) is 4. The van der Waals surface area contributed by atoms with E-state index in [1.165, 1.54) is 0 Å². The molecule has 0 fully saturated rings. The lowest BCUT2D eigenvalue weighted by molar-refractivity contribution is 0.168. The van der Waals surface area contributed by atoms with Crippen LogP contribution in [0.25, 0.3) is 21.8 Å². The van der Waals surface area contributed by atoms with E-state index >= 15 is 0 Å². The molecule has 10 heteroatoms. The fourth-order valence-electron chi connectivity index (χ4n) is 4.59. The van der Waals surface area contributed by atoms with Crippen molar-refractivity contribution in [2.75, 3.05) is 82.2 Å². The first-order valence-corrected chi connectivity index (χ1v) is 13.9. The fourth-order valence-corrected chi connectivity index (χ4v) is 4.59. The maximum Gasteiger partial charge on any atom is 0.411 e. The molecule has 0 aliphatic rings. The molecule has 10 nitrogen and oxygen atoms in total. The minimum absolute atomic E-state index is 0.176. The van der Waals surface area contributed by atoms with Gasteiger partial charge in [-0.15, -0.1) is 0 Å². The summed E-state index contributed by atoms with van der Waals surface area (Å²) in [6, 6.07) is 17.7. The average Bonchev–Trinajstić information content (AvgIpc) is 2.93. The maximum atomic E-state index is 12.1. The first-order valence-electron chi connectivity index (χ1n) is 13.9. The Bertz CT molecular complexity index is 1420. The zero-order valence-corrected chi connectivity index (χ0v) is 24.5. The number of carbonyl (C=O) groups is 1. The van der Waals surface area contributed by atoms with Crippen LogP contribution >= 0.6 is 0 Å². The molecule has 0 aliphatic heterocycles. The van der Waals surface area contributed by atoms with Crippen LogP contribution in [0.2, 0.25) is 0 Å². The predicted molar refractivity (Wildman–Crippen MR) is 170 cm³/mol. The van der Waals surface area contributed by atoms with Gasteiger partial charge in [-0.3, -0.25) is 5.32 Å². The number of para-hydroxylation sites is 2. The Morgan fingerprint density at radius 3 is 1.93 bits per heavy atom. The van der Waals surface area contributed by atoms with Crippen LogP contribution < -0.4 is 21.3 Å². The number of aromatic nitrogens is 1. The molecule has 0 spiro atoms. The highest BCUT2D eigenvalue weighted by Gasteiger charge is 2.16. The van der Waals surface area contributed by atoms with Crippen molar-refractivity contribution in [2.24, 2.45) is 0 Å². The summed E-state index contributed by atoms with van der Waals surface area (Å²) in [6.07, 6.45) is -0.546. The van der Waals surface area contributed by atoms with E-state index in [1.54, 1.807) is 13.0 Å². The van der Waals surface area contributed by atoms with Crippen LogP contribution in [0, 0.1) is 0 Å². The monoisotopic (exact) mass is 559 g/mol. The number of aliphatic hydroxyl groups is 1. The van der Waals surface area contributed by atoms with Crippen molar-refractivity contribution in [2.45, 2.75) is 13.5 Å². The summed E-state index contributed by atoms with van der Waals surface area (Å²) in [4.78, 5) is 21.6. The summed E-state index contributed by atoms with van der Waals surface area (Å²) in [5, 5.41) is 25.3. The summed E-state index contributed by atoms with van der Waals surface area (Å²) < 4.78 is 5.05. The van der Waals surface area contributed by atoms with Crippen LogP contribution in [-0.2, 0) is 11.3 Å². The topological polar surface area (TPSA) is 114 Å². The number of hydrogen-bond donors (Lipinski definition) is 5. The van der Waals surface area contributed by atoms with Crippen molar-refractivity contribution in [1.82, 2.24) is 14.8 Å². The van der Waals surface area contributed by atoms with Gasteiger partial charge in [-0.2, -0.15) is 0 Å². The van der Waals surface area contributed by atoms with E-state index in [4.69, 9.17) is 9.72 Å². The molecule has 41 heavy (non-hydrogen) atoms. The van der Waals surface area contributed by atoms with E-state index in [0.717, 1.165) is 65.0 Å². The van der Waals surface area contributed by atoms with Gasteiger partial charge < -0.3 is 35.6 Å². The first kappa shape index (κ1) is 29.9. The number of amides is 1. The molecular formula is C31H41N7O3. The Hall–Kier alpha value is -4.12. The van der Waals surface area contributed by atoms with Crippen LogP contribution in [-0.4, -0.2) is 87.0 Å². The van der Waals surface area contributed by atoms with Crippen LogP contribution in [0.3, 0.4) is 0 Å². The number of anilines is 5. The number of aliphatic hydroxyl groups excluding tert-OH is 1. The normalized spacial score (nSPS) is 11.3. The van der Waals surface area contributed by atoms with Gasteiger partial charge in [0.05, 0.1) is 41.3 Å². The lowest BCUT2D eigenvalue weighted by Crippen LogP contribution is -2.21. The Balaban J connectivity index is 1.84. The smallest absolute Gasteiger partial charge is 0.411 e. The second-order valence-corrected chi connectivity index (χ2v) is 10.4. The highest BCUT2D eigenvalue weighted by molar-refractivity contribution is 6.14. The van der Waals surface area contributed by atoms with E-state index in [1.807, 2.05) is 24.3 Å². The number of ether oxygens (including phenoxy) is 1. The van der Waals surface area contributed by atoms with Crippen molar-refractivity contribution >= 4 is 56.3 Å².